The molecule has 30 heavy (non-hydrogen) atoms. The van der Waals surface area contributed by atoms with Gasteiger partial charge in [-0.2, -0.15) is 0 Å². The summed E-state index contributed by atoms with van der Waals surface area (Å²) in [5.41, 5.74) is 1.80. The maximum absolute atomic E-state index is 12.6. The minimum Gasteiger partial charge on any atom is -0.492 e. The fraction of sp³-hybridized carbons (Fsp3) is 0.524. The minimum absolute atomic E-state index is 0.132. The summed E-state index contributed by atoms with van der Waals surface area (Å²) < 4.78 is 16.0. The van der Waals surface area contributed by atoms with Crippen LogP contribution in [0.2, 0.25) is 0 Å². The van der Waals surface area contributed by atoms with E-state index in [2.05, 4.69) is 21.2 Å². The van der Waals surface area contributed by atoms with E-state index in [0.717, 1.165) is 42.7 Å². The molecule has 2 heterocycles. The number of piperazine rings is 1. The fourth-order valence-corrected chi connectivity index (χ4v) is 4.41. The van der Waals surface area contributed by atoms with Crippen molar-refractivity contribution in [1.29, 1.82) is 0 Å². The first kappa shape index (κ1) is 22.3. The van der Waals surface area contributed by atoms with Gasteiger partial charge in [0, 0.05) is 46.9 Å². The second-order valence-electron chi connectivity index (χ2n) is 6.83. The van der Waals surface area contributed by atoms with Crippen LogP contribution in [-0.4, -0.2) is 71.0 Å². The SMILES string of the molecule is CCOc1ccccc1N1CCN(c2nc(COC)c(C(=O)NCCOC)s2)CC1. The van der Waals surface area contributed by atoms with E-state index in [4.69, 9.17) is 19.2 Å². The van der Waals surface area contributed by atoms with Gasteiger partial charge >= 0.3 is 0 Å². The molecular formula is C21H30N4O4S. The first-order valence-electron chi connectivity index (χ1n) is 10.1. The van der Waals surface area contributed by atoms with Crippen LogP contribution in [0.15, 0.2) is 24.3 Å². The van der Waals surface area contributed by atoms with Crippen molar-refractivity contribution in [2.45, 2.75) is 13.5 Å². The van der Waals surface area contributed by atoms with Crippen LogP contribution >= 0.6 is 11.3 Å². The van der Waals surface area contributed by atoms with Crippen molar-refractivity contribution >= 4 is 28.1 Å². The van der Waals surface area contributed by atoms with Gasteiger partial charge in [-0.3, -0.25) is 4.79 Å². The zero-order chi connectivity index (χ0) is 21.3. The zero-order valence-electron chi connectivity index (χ0n) is 17.8. The number of benzene rings is 1. The van der Waals surface area contributed by atoms with Crippen molar-refractivity contribution < 1.29 is 19.0 Å². The lowest BCUT2D eigenvalue weighted by atomic mass is 10.2. The van der Waals surface area contributed by atoms with Crippen LogP contribution in [0, 0.1) is 0 Å². The smallest absolute Gasteiger partial charge is 0.263 e. The van der Waals surface area contributed by atoms with Gasteiger partial charge in [-0.05, 0) is 19.1 Å². The number of carbonyl (C=O) groups is 1. The van der Waals surface area contributed by atoms with Gasteiger partial charge in [-0.25, -0.2) is 4.98 Å². The summed E-state index contributed by atoms with van der Waals surface area (Å²) in [4.78, 5) is 22.4. The summed E-state index contributed by atoms with van der Waals surface area (Å²) in [7, 11) is 3.22. The van der Waals surface area contributed by atoms with Crippen molar-refractivity contribution in [1.82, 2.24) is 10.3 Å². The number of para-hydroxylation sites is 2. The number of carbonyl (C=O) groups excluding carboxylic acids is 1. The third-order valence-electron chi connectivity index (χ3n) is 4.82. The van der Waals surface area contributed by atoms with E-state index in [1.165, 1.54) is 11.3 Å². The van der Waals surface area contributed by atoms with Crippen LogP contribution in [0.1, 0.15) is 22.3 Å². The molecule has 0 atom stereocenters. The highest BCUT2D eigenvalue weighted by molar-refractivity contribution is 7.17. The molecule has 0 saturated carbocycles. The lowest BCUT2D eigenvalue weighted by Gasteiger charge is -2.36. The average Bonchev–Trinajstić information content (AvgIpc) is 3.19. The number of hydrogen-bond donors (Lipinski definition) is 1. The van der Waals surface area contributed by atoms with Crippen LogP contribution in [0.4, 0.5) is 10.8 Å². The maximum atomic E-state index is 12.6. The number of amides is 1. The molecule has 1 fully saturated rings. The third-order valence-corrected chi connectivity index (χ3v) is 5.98. The molecule has 8 nitrogen and oxygen atoms in total. The van der Waals surface area contributed by atoms with E-state index in [-0.39, 0.29) is 5.91 Å². The molecule has 1 N–H and O–H groups in total. The van der Waals surface area contributed by atoms with Crippen LogP contribution in [0.5, 0.6) is 5.75 Å². The summed E-state index contributed by atoms with van der Waals surface area (Å²) >= 11 is 1.42. The van der Waals surface area contributed by atoms with Crippen LogP contribution < -0.4 is 19.9 Å². The van der Waals surface area contributed by atoms with E-state index in [0.29, 0.717) is 36.9 Å². The van der Waals surface area contributed by atoms with Crippen molar-refractivity contribution in [3.63, 3.8) is 0 Å². The highest BCUT2D eigenvalue weighted by atomic mass is 32.1. The standard InChI is InChI=1S/C21H30N4O4S/c1-4-29-18-8-6-5-7-17(18)24-10-12-25(13-11-24)21-23-16(15-28-3)19(30-21)20(26)22-9-14-27-2/h5-8H,4,9-15H2,1-3H3,(H,22,26). The monoisotopic (exact) mass is 434 g/mol. The molecular weight excluding hydrogens is 404 g/mol. The Bertz CT molecular complexity index is 821. The first-order chi connectivity index (χ1) is 14.7. The number of anilines is 2. The van der Waals surface area contributed by atoms with E-state index in [1.807, 2.05) is 25.1 Å². The second kappa shape index (κ2) is 11.1. The molecule has 0 spiro atoms. The normalized spacial score (nSPS) is 14.1. The van der Waals surface area contributed by atoms with Gasteiger partial charge in [0.2, 0.25) is 0 Å². The van der Waals surface area contributed by atoms with Gasteiger partial charge in [0.05, 0.1) is 31.2 Å². The van der Waals surface area contributed by atoms with E-state index in [1.54, 1.807) is 14.2 Å². The first-order valence-corrected chi connectivity index (χ1v) is 11.0. The van der Waals surface area contributed by atoms with Gasteiger partial charge < -0.3 is 29.3 Å². The van der Waals surface area contributed by atoms with E-state index in [9.17, 15) is 4.79 Å². The Morgan fingerprint density at radius 2 is 1.87 bits per heavy atom. The lowest BCUT2D eigenvalue weighted by Crippen LogP contribution is -2.46. The number of nitrogens with zero attached hydrogens (tertiary/aromatic N) is 3. The van der Waals surface area contributed by atoms with E-state index < -0.39 is 0 Å². The summed E-state index contributed by atoms with van der Waals surface area (Å²) in [6.45, 7) is 7.26. The lowest BCUT2D eigenvalue weighted by molar-refractivity contribution is 0.0936. The molecule has 1 saturated heterocycles. The Morgan fingerprint density at radius 3 is 2.57 bits per heavy atom. The molecule has 1 aliphatic rings. The molecule has 3 rings (SSSR count). The van der Waals surface area contributed by atoms with Gasteiger partial charge in [-0.1, -0.05) is 23.5 Å². The molecule has 0 radical (unpaired) electrons. The molecule has 1 aliphatic heterocycles. The van der Waals surface area contributed by atoms with Crippen LogP contribution in [0.3, 0.4) is 0 Å². The Balaban J connectivity index is 1.68. The summed E-state index contributed by atoms with van der Waals surface area (Å²) in [5.74, 6) is 0.784. The fourth-order valence-electron chi connectivity index (χ4n) is 3.37. The van der Waals surface area contributed by atoms with Gasteiger partial charge in [0.15, 0.2) is 5.13 Å². The highest BCUT2D eigenvalue weighted by Crippen LogP contribution is 2.31. The number of methoxy groups -OCH3 is 2. The van der Waals surface area contributed by atoms with Crippen LogP contribution in [0.25, 0.3) is 0 Å². The van der Waals surface area contributed by atoms with Crippen molar-refractivity contribution in [2.24, 2.45) is 0 Å². The van der Waals surface area contributed by atoms with Crippen molar-refractivity contribution in [3.05, 3.63) is 34.8 Å². The van der Waals surface area contributed by atoms with Crippen molar-refractivity contribution in [3.8, 4) is 5.75 Å². The Kier molecular flexibility index (Phi) is 8.30. The minimum atomic E-state index is -0.132. The molecule has 1 aromatic heterocycles. The average molecular weight is 435 g/mol. The number of ether oxygens (including phenoxy) is 3. The van der Waals surface area contributed by atoms with Gasteiger partial charge in [0.1, 0.15) is 10.6 Å². The van der Waals surface area contributed by atoms with E-state index >= 15 is 0 Å². The molecule has 0 aliphatic carbocycles. The molecule has 0 bridgehead atoms. The number of thiazole rings is 1. The predicted molar refractivity (Wildman–Crippen MR) is 119 cm³/mol. The Hall–Kier alpha value is -2.36. The number of rotatable bonds is 10. The molecule has 9 heteroatoms. The predicted octanol–water partition coefficient (Wildman–Crippen LogP) is 2.39. The third kappa shape index (κ3) is 5.41. The molecule has 2 aromatic rings. The maximum Gasteiger partial charge on any atom is 0.263 e. The Morgan fingerprint density at radius 1 is 1.13 bits per heavy atom. The molecule has 1 amide bonds. The zero-order valence-corrected chi connectivity index (χ0v) is 18.7. The number of aromatic nitrogens is 1. The summed E-state index contributed by atoms with van der Waals surface area (Å²) in [6.07, 6.45) is 0. The largest absolute Gasteiger partial charge is 0.492 e. The highest BCUT2D eigenvalue weighted by Gasteiger charge is 2.25. The molecule has 0 unspecified atom stereocenters. The molecule has 1 aromatic carbocycles. The summed E-state index contributed by atoms with van der Waals surface area (Å²) in [5, 5.41) is 3.73. The quantitative estimate of drug-likeness (QED) is 0.576. The van der Waals surface area contributed by atoms with Crippen molar-refractivity contribution in [2.75, 3.05) is 70.0 Å². The van der Waals surface area contributed by atoms with Crippen LogP contribution in [-0.2, 0) is 16.1 Å². The summed E-state index contributed by atoms with van der Waals surface area (Å²) in [6, 6.07) is 8.15. The molecule has 164 valence electrons. The number of hydrogen-bond acceptors (Lipinski definition) is 8. The number of nitrogens with one attached hydrogen (secondary N) is 1. The topological polar surface area (TPSA) is 76.2 Å². The Labute approximate surface area is 181 Å². The second-order valence-corrected chi connectivity index (χ2v) is 7.81. The van der Waals surface area contributed by atoms with Gasteiger partial charge in [-0.15, -0.1) is 0 Å². The van der Waals surface area contributed by atoms with Gasteiger partial charge in [0.25, 0.3) is 5.91 Å².